The largest absolute Gasteiger partial charge is 0.481 e. The number of aliphatic carboxylic acids is 1. The summed E-state index contributed by atoms with van der Waals surface area (Å²) >= 11 is 0. The quantitative estimate of drug-likeness (QED) is 0.352. The Morgan fingerprint density at radius 3 is 1.76 bits per heavy atom. The lowest BCUT2D eigenvalue weighted by molar-refractivity contribution is -0.138. The highest BCUT2D eigenvalue weighted by molar-refractivity contribution is 5.68. The average Bonchev–Trinajstić information content (AvgIpc) is 3.46. The summed E-state index contributed by atoms with van der Waals surface area (Å²) in [5.41, 5.74) is 0.603. The molecule has 0 radical (unpaired) electrons. The third-order valence-corrected chi connectivity index (χ3v) is 6.57. The zero-order valence-electron chi connectivity index (χ0n) is 15.8. The molecule has 0 heterocycles. The van der Waals surface area contributed by atoms with Crippen molar-refractivity contribution in [2.75, 3.05) is 6.61 Å². The van der Waals surface area contributed by atoms with Crippen molar-refractivity contribution in [1.29, 1.82) is 0 Å². The molecule has 1 unspecified atom stereocenters. The number of hydrogen-bond acceptors (Lipinski definition) is 3. The Hall–Kier alpha value is -0.610. The van der Waals surface area contributed by atoms with Gasteiger partial charge < -0.3 is 15.3 Å². The van der Waals surface area contributed by atoms with E-state index in [9.17, 15) is 9.90 Å². The smallest absolute Gasteiger partial charge is 0.303 e. The van der Waals surface area contributed by atoms with Crippen LogP contribution >= 0.6 is 0 Å². The van der Waals surface area contributed by atoms with Crippen LogP contribution in [-0.4, -0.2) is 34.0 Å². The average molecular weight is 355 g/mol. The van der Waals surface area contributed by atoms with E-state index in [-0.39, 0.29) is 11.5 Å². The number of carboxylic acid groups (broad SMARTS) is 1. The van der Waals surface area contributed by atoms with Crippen LogP contribution in [-0.2, 0) is 4.79 Å². The van der Waals surface area contributed by atoms with Crippen molar-refractivity contribution < 1.29 is 20.1 Å². The van der Waals surface area contributed by atoms with Gasteiger partial charge in [0.15, 0.2) is 0 Å². The maximum Gasteiger partial charge on any atom is 0.303 e. The van der Waals surface area contributed by atoms with E-state index in [1.807, 2.05) is 0 Å². The van der Waals surface area contributed by atoms with Crippen LogP contribution < -0.4 is 0 Å². The number of carbonyl (C=O) groups is 1. The van der Waals surface area contributed by atoms with Gasteiger partial charge in [-0.1, -0.05) is 38.5 Å². The summed E-state index contributed by atoms with van der Waals surface area (Å²) in [7, 11) is 0. The van der Waals surface area contributed by atoms with Crippen molar-refractivity contribution in [3.05, 3.63) is 0 Å². The Balaban J connectivity index is 1.39. The molecule has 0 aromatic rings. The second-order valence-electron chi connectivity index (χ2n) is 8.90. The van der Waals surface area contributed by atoms with Gasteiger partial charge in [-0.3, -0.25) is 4.79 Å². The number of rotatable bonds is 16. The molecule has 146 valence electrons. The standard InChI is InChI=1S/C21H38O4/c22-16-15-20(11-12-20)9-5-1-3-7-18(23)8-4-2-6-10-21(13-14-21)17-19(24)25/h18,22-23H,1-17H2,(H,24,25). The zero-order chi connectivity index (χ0) is 18.2. The Morgan fingerprint density at radius 2 is 1.32 bits per heavy atom. The topological polar surface area (TPSA) is 77.8 Å². The Morgan fingerprint density at radius 1 is 0.800 bits per heavy atom. The van der Waals surface area contributed by atoms with Crippen LogP contribution in [0.3, 0.4) is 0 Å². The van der Waals surface area contributed by atoms with Gasteiger partial charge in [-0.05, 0) is 68.6 Å². The summed E-state index contributed by atoms with van der Waals surface area (Å²) < 4.78 is 0. The minimum atomic E-state index is -0.656. The molecule has 0 bridgehead atoms. The lowest BCUT2D eigenvalue weighted by Gasteiger charge is -2.14. The van der Waals surface area contributed by atoms with Gasteiger partial charge in [-0.15, -0.1) is 0 Å². The minimum absolute atomic E-state index is 0.124. The molecule has 2 aliphatic rings. The SMILES string of the molecule is O=C(O)CC1(CCCCCC(O)CCCCCC2(CCO)CC2)CC1. The van der Waals surface area contributed by atoms with E-state index in [0.717, 1.165) is 64.2 Å². The van der Waals surface area contributed by atoms with Gasteiger partial charge in [0, 0.05) is 6.61 Å². The predicted octanol–water partition coefficient (Wildman–Crippen LogP) is 4.67. The molecule has 0 saturated heterocycles. The number of hydrogen-bond donors (Lipinski definition) is 3. The van der Waals surface area contributed by atoms with Crippen molar-refractivity contribution in [3.8, 4) is 0 Å². The molecule has 4 heteroatoms. The molecule has 4 nitrogen and oxygen atoms in total. The predicted molar refractivity (Wildman–Crippen MR) is 99.5 cm³/mol. The van der Waals surface area contributed by atoms with Gasteiger partial charge in [-0.25, -0.2) is 0 Å². The first kappa shape index (κ1) is 20.7. The first-order valence-corrected chi connectivity index (χ1v) is 10.5. The van der Waals surface area contributed by atoms with E-state index in [4.69, 9.17) is 10.2 Å². The first-order chi connectivity index (χ1) is 12.0. The van der Waals surface area contributed by atoms with E-state index in [1.165, 1.54) is 32.1 Å². The Labute approximate surface area is 153 Å². The van der Waals surface area contributed by atoms with Crippen LogP contribution in [0.5, 0.6) is 0 Å². The fourth-order valence-electron chi connectivity index (χ4n) is 4.31. The normalized spacial score (nSPS) is 21.0. The molecule has 2 saturated carbocycles. The number of aliphatic hydroxyl groups excluding tert-OH is 2. The highest BCUT2D eigenvalue weighted by Crippen LogP contribution is 2.53. The zero-order valence-corrected chi connectivity index (χ0v) is 15.8. The van der Waals surface area contributed by atoms with Crippen LogP contribution in [0.4, 0.5) is 0 Å². The van der Waals surface area contributed by atoms with E-state index >= 15 is 0 Å². The van der Waals surface area contributed by atoms with Crippen molar-refractivity contribution in [1.82, 2.24) is 0 Å². The summed E-state index contributed by atoms with van der Waals surface area (Å²) in [5, 5.41) is 28.1. The fraction of sp³-hybridized carbons (Fsp3) is 0.952. The molecule has 1 atom stereocenters. The number of carboxylic acids is 1. The lowest BCUT2D eigenvalue weighted by atomic mass is 9.93. The monoisotopic (exact) mass is 354 g/mol. The molecule has 3 N–H and O–H groups in total. The van der Waals surface area contributed by atoms with Gasteiger partial charge in [-0.2, -0.15) is 0 Å². The highest BCUT2D eigenvalue weighted by atomic mass is 16.4. The van der Waals surface area contributed by atoms with Crippen LogP contribution in [0.1, 0.15) is 103 Å². The van der Waals surface area contributed by atoms with Crippen molar-refractivity contribution in [3.63, 3.8) is 0 Å². The lowest BCUT2D eigenvalue weighted by Crippen LogP contribution is -2.09. The summed E-state index contributed by atoms with van der Waals surface area (Å²) in [6.45, 7) is 0.330. The molecule has 0 amide bonds. The molecular formula is C21H38O4. The van der Waals surface area contributed by atoms with Crippen LogP contribution in [0.15, 0.2) is 0 Å². The van der Waals surface area contributed by atoms with Crippen molar-refractivity contribution in [2.45, 2.75) is 109 Å². The van der Waals surface area contributed by atoms with Crippen LogP contribution in [0.2, 0.25) is 0 Å². The Bertz CT molecular complexity index is 399. The van der Waals surface area contributed by atoms with Gasteiger partial charge >= 0.3 is 5.97 Å². The number of unbranched alkanes of at least 4 members (excludes halogenated alkanes) is 4. The van der Waals surface area contributed by atoms with E-state index in [2.05, 4.69) is 0 Å². The second kappa shape index (κ2) is 9.91. The van der Waals surface area contributed by atoms with Gasteiger partial charge in [0.25, 0.3) is 0 Å². The van der Waals surface area contributed by atoms with E-state index < -0.39 is 5.97 Å². The molecule has 2 aliphatic carbocycles. The molecule has 0 aromatic heterocycles. The maximum atomic E-state index is 10.8. The summed E-state index contributed by atoms with van der Waals surface area (Å²) in [4.78, 5) is 10.8. The first-order valence-electron chi connectivity index (χ1n) is 10.5. The molecular weight excluding hydrogens is 316 g/mol. The highest BCUT2D eigenvalue weighted by Gasteiger charge is 2.43. The van der Waals surface area contributed by atoms with Gasteiger partial charge in [0.1, 0.15) is 0 Å². The third kappa shape index (κ3) is 8.08. The second-order valence-corrected chi connectivity index (χ2v) is 8.90. The van der Waals surface area contributed by atoms with Gasteiger partial charge in [0.05, 0.1) is 12.5 Å². The van der Waals surface area contributed by atoms with Crippen molar-refractivity contribution >= 4 is 5.97 Å². The maximum absolute atomic E-state index is 10.8. The van der Waals surface area contributed by atoms with E-state index in [1.54, 1.807) is 0 Å². The van der Waals surface area contributed by atoms with E-state index in [0.29, 0.717) is 18.4 Å². The third-order valence-electron chi connectivity index (χ3n) is 6.57. The van der Waals surface area contributed by atoms with Crippen molar-refractivity contribution in [2.24, 2.45) is 10.8 Å². The molecule has 2 fully saturated rings. The van der Waals surface area contributed by atoms with Crippen LogP contribution in [0.25, 0.3) is 0 Å². The minimum Gasteiger partial charge on any atom is -0.481 e. The summed E-state index contributed by atoms with van der Waals surface area (Å²) in [6, 6.07) is 0. The summed E-state index contributed by atoms with van der Waals surface area (Å²) in [5.74, 6) is -0.656. The van der Waals surface area contributed by atoms with Gasteiger partial charge in [0.2, 0.25) is 0 Å². The molecule has 0 aliphatic heterocycles. The molecule has 0 spiro atoms. The van der Waals surface area contributed by atoms with Crippen LogP contribution in [0, 0.1) is 10.8 Å². The summed E-state index contributed by atoms with van der Waals surface area (Å²) in [6.07, 6.45) is 16.8. The Kier molecular flexibility index (Phi) is 8.21. The fourth-order valence-corrected chi connectivity index (χ4v) is 4.31. The molecule has 25 heavy (non-hydrogen) atoms. The number of aliphatic hydroxyl groups is 2. The molecule has 0 aromatic carbocycles. The molecule has 2 rings (SSSR count).